The third kappa shape index (κ3) is 4.79. The van der Waals surface area contributed by atoms with Gasteiger partial charge >= 0.3 is 0 Å². The molecule has 0 aliphatic carbocycles. The summed E-state index contributed by atoms with van der Waals surface area (Å²) >= 11 is 1.76. The van der Waals surface area contributed by atoms with Gasteiger partial charge in [0.05, 0.1) is 16.6 Å². The highest BCUT2D eigenvalue weighted by Gasteiger charge is 2.34. The van der Waals surface area contributed by atoms with E-state index < -0.39 is 0 Å². The standard InChI is InChI=1S/C47H33BN2O2S/c1-28-23-29(2)44(30(3)24-28)48-38-19-10-11-20-42(38)53-43-27-41-37(26-39(43)48)47(52)36-18-12-17-35-45(36)50(41)40-25-33(21-22-34(40)46(35)51)49(31-13-6-4-7-14-31)32-15-8-5-9-16-32/h4-27H,1-3H3. The van der Waals surface area contributed by atoms with Gasteiger partial charge in [-0.3, -0.25) is 9.59 Å². The van der Waals surface area contributed by atoms with Gasteiger partial charge in [-0.05, 0) is 87.5 Å². The number of fused-ring (bicyclic) bond motifs is 6. The third-order valence-electron chi connectivity index (χ3n) is 10.9. The summed E-state index contributed by atoms with van der Waals surface area (Å²) in [4.78, 5) is 33.5. The Labute approximate surface area is 311 Å². The predicted molar refractivity (Wildman–Crippen MR) is 224 cm³/mol. The highest BCUT2D eigenvalue weighted by atomic mass is 32.2. The molecule has 2 aromatic heterocycles. The molecule has 3 heterocycles. The Balaban J connectivity index is 1.32. The van der Waals surface area contributed by atoms with Gasteiger partial charge in [0.15, 0.2) is 10.9 Å². The molecule has 0 fully saturated rings. The molecule has 0 saturated heterocycles. The van der Waals surface area contributed by atoms with Crippen molar-refractivity contribution in [3.05, 3.63) is 183 Å². The van der Waals surface area contributed by atoms with Crippen LogP contribution in [0.25, 0.3) is 38.1 Å². The van der Waals surface area contributed by atoms with Crippen LogP contribution >= 0.6 is 11.8 Å². The Morgan fingerprint density at radius 2 is 1.11 bits per heavy atom. The molecule has 1 aliphatic heterocycles. The topological polar surface area (TPSA) is 41.8 Å². The Morgan fingerprint density at radius 3 is 1.79 bits per heavy atom. The van der Waals surface area contributed by atoms with E-state index in [0.717, 1.165) is 38.5 Å². The van der Waals surface area contributed by atoms with Crippen molar-refractivity contribution in [2.75, 3.05) is 4.90 Å². The first-order valence-corrected chi connectivity index (χ1v) is 18.8. The number of benzene rings is 7. The Kier molecular flexibility index (Phi) is 7.14. The quantitative estimate of drug-likeness (QED) is 0.105. The number of hydrogen-bond acceptors (Lipinski definition) is 4. The van der Waals surface area contributed by atoms with Gasteiger partial charge in [-0.2, -0.15) is 0 Å². The van der Waals surface area contributed by atoms with Gasteiger partial charge in [0.2, 0.25) is 6.71 Å². The predicted octanol–water partition coefficient (Wildman–Crippen LogP) is 8.93. The normalized spacial score (nSPS) is 12.5. The summed E-state index contributed by atoms with van der Waals surface area (Å²) in [6.45, 7) is 6.53. The van der Waals surface area contributed by atoms with Crippen molar-refractivity contribution in [2.24, 2.45) is 0 Å². The number of aryl methyl sites for hydroxylation is 3. The van der Waals surface area contributed by atoms with Crippen LogP contribution in [0, 0.1) is 20.8 Å². The van der Waals surface area contributed by atoms with Crippen LogP contribution in [-0.4, -0.2) is 11.1 Å². The fraction of sp³-hybridized carbons (Fsp3) is 0.0638. The highest BCUT2D eigenvalue weighted by molar-refractivity contribution is 8.00. The van der Waals surface area contributed by atoms with E-state index >= 15 is 0 Å². The maximum Gasteiger partial charge on any atom is 0.244 e. The van der Waals surface area contributed by atoms with Gasteiger partial charge in [-0.25, -0.2) is 0 Å². The molecule has 0 N–H and O–H groups in total. The van der Waals surface area contributed by atoms with E-state index in [9.17, 15) is 9.59 Å². The van der Waals surface area contributed by atoms with E-state index in [1.807, 2.05) is 66.7 Å². The second-order valence-electron chi connectivity index (χ2n) is 14.2. The zero-order chi connectivity index (χ0) is 36.0. The van der Waals surface area contributed by atoms with Crippen molar-refractivity contribution >= 4 is 90.0 Å². The van der Waals surface area contributed by atoms with Gasteiger partial charge in [0.25, 0.3) is 0 Å². The van der Waals surface area contributed by atoms with Crippen molar-refractivity contribution in [2.45, 2.75) is 30.6 Å². The van der Waals surface area contributed by atoms with Crippen LogP contribution in [0.2, 0.25) is 0 Å². The maximum atomic E-state index is 14.7. The molecule has 0 spiro atoms. The van der Waals surface area contributed by atoms with E-state index in [2.05, 4.69) is 109 Å². The Hall–Kier alpha value is -6.11. The number of para-hydroxylation sites is 3. The molecule has 0 radical (unpaired) electrons. The number of rotatable bonds is 4. The van der Waals surface area contributed by atoms with Crippen LogP contribution in [0.15, 0.2) is 165 Å². The Morgan fingerprint density at radius 1 is 0.509 bits per heavy atom. The first-order chi connectivity index (χ1) is 25.9. The van der Waals surface area contributed by atoms with Gasteiger partial charge in [0.1, 0.15) is 0 Å². The number of nitrogens with zero attached hydrogens (tertiary/aromatic N) is 2. The largest absolute Gasteiger partial charge is 0.310 e. The monoisotopic (exact) mass is 700 g/mol. The fourth-order valence-corrected chi connectivity index (χ4v) is 9.92. The lowest BCUT2D eigenvalue weighted by atomic mass is 9.35. The maximum absolute atomic E-state index is 14.7. The molecule has 0 bridgehead atoms. The van der Waals surface area contributed by atoms with Crippen LogP contribution in [0.4, 0.5) is 17.1 Å². The number of pyridine rings is 2. The molecule has 0 saturated carbocycles. The summed E-state index contributed by atoms with van der Waals surface area (Å²) in [5.74, 6) is 0. The number of aromatic nitrogens is 1. The highest BCUT2D eigenvalue weighted by Crippen LogP contribution is 2.38. The molecule has 9 aromatic rings. The van der Waals surface area contributed by atoms with Crippen LogP contribution in [-0.2, 0) is 0 Å². The van der Waals surface area contributed by atoms with Crippen molar-refractivity contribution < 1.29 is 0 Å². The van der Waals surface area contributed by atoms with Crippen molar-refractivity contribution in [1.82, 2.24) is 4.40 Å². The minimum Gasteiger partial charge on any atom is -0.310 e. The van der Waals surface area contributed by atoms with Gasteiger partial charge in [-0.1, -0.05) is 124 Å². The van der Waals surface area contributed by atoms with E-state index in [1.165, 1.54) is 32.5 Å². The Bertz CT molecular complexity index is 3010. The molecule has 252 valence electrons. The lowest BCUT2D eigenvalue weighted by molar-refractivity contribution is 1.26. The van der Waals surface area contributed by atoms with E-state index in [4.69, 9.17) is 0 Å². The SMILES string of the molecule is Cc1cc(C)c(B2c3ccccc3Sc3cc4c(cc32)c(=O)c2cccc3c(=O)c5ccc(N(c6ccccc6)c6ccccc6)cc5n4c32)c(C)c1. The molecule has 0 unspecified atom stereocenters. The molecular weight excluding hydrogens is 667 g/mol. The zero-order valence-corrected chi connectivity index (χ0v) is 30.4. The first kappa shape index (κ1) is 31.6. The lowest BCUT2D eigenvalue weighted by Gasteiger charge is -2.29. The molecule has 10 rings (SSSR count). The molecule has 0 amide bonds. The van der Waals surface area contributed by atoms with E-state index in [0.29, 0.717) is 27.1 Å². The summed E-state index contributed by atoms with van der Waals surface area (Å²) in [5.41, 5.74) is 12.4. The first-order valence-electron chi connectivity index (χ1n) is 18.0. The fourth-order valence-electron chi connectivity index (χ4n) is 8.77. The van der Waals surface area contributed by atoms with Gasteiger partial charge in [0, 0.05) is 48.4 Å². The summed E-state index contributed by atoms with van der Waals surface area (Å²) in [7, 11) is 0. The summed E-state index contributed by atoms with van der Waals surface area (Å²) in [5, 5.41) is 2.35. The van der Waals surface area contributed by atoms with Crippen LogP contribution in [0.1, 0.15) is 16.7 Å². The number of hydrogen-bond donors (Lipinski definition) is 0. The van der Waals surface area contributed by atoms with Crippen molar-refractivity contribution in [3.63, 3.8) is 0 Å². The molecule has 0 atom stereocenters. The minimum atomic E-state index is -0.0754. The van der Waals surface area contributed by atoms with E-state index in [-0.39, 0.29) is 17.6 Å². The molecule has 7 aromatic carbocycles. The average Bonchev–Trinajstić information content (AvgIpc) is 3.17. The average molecular weight is 701 g/mol. The molecule has 53 heavy (non-hydrogen) atoms. The second-order valence-corrected chi connectivity index (χ2v) is 15.3. The van der Waals surface area contributed by atoms with Gasteiger partial charge < -0.3 is 9.30 Å². The van der Waals surface area contributed by atoms with Crippen LogP contribution in [0.3, 0.4) is 0 Å². The third-order valence-corrected chi connectivity index (χ3v) is 12.1. The summed E-state index contributed by atoms with van der Waals surface area (Å²) in [6.07, 6.45) is 0. The molecular formula is C47H33BN2O2S. The molecule has 6 heteroatoms. The molecule has 1 aliphatic rings. The van der Waals surface area contributed by atoms with Crippen LogP contribution < -0.4 is 32.1 Å². The smallest absolute Gasteiger partial charge is 0.244 e. The lowest BCUT2D eigenvalue weighted by Crippen LogP contribution is -2.57. The summed E-state index contributed by atoms with van der Waals surface area (Å²) in [6, 6.07) is 49.7. The van der Waals surface area contributed by atoms with Crippen molar-refractivity contribution in [1.29, 1.82) is 0 Å². The minimum absolute atomic E-state index is 0.0268. The summed E-state index contributed by atoms with van der Waals surface area (Å²) < 4.78 is 2.18. The zero-order valence-electron chi connectivity index (χ0n) is 29.6. The van der Waals surface area contributed by atoms with Crippen molar-refractivity contribution in [3.8, 4) is 0 Å². The van der Waals surface area contributed by atoms with E-state index in [1.54, 1.807) is 11.8 Å². The molecule has 4 nitrogen and oxygen atoms in total. The van der Waals surface area contributed by atoms with Crippen LogP contribution in [0.5, 0.6) is 0 Å². The number of anilines is 3. The second kappa shape index (κ2) is 12.0. The van der Waals surface area contributed by atoms with Gasteiger partial charge in [-0.15, -0.1) is 0 Å².